The molecule has 1 aliphatic rings. The molecule has 8 nitrogen and oxygen atoms in total. The van der Waals surface area contributed by atoms with Gasteiger partial charge in [-0.3, -0.25) is 9.78 Å². The number of aromatic nitrogens is 1. The number of nitrogens with zero attached hydrogens (tertiary/aromatic N) is 2. The molecule has 8 heteroatoms. The quantitative estimate of drug-likeness (QED) is 0.424. The van der Waals surface area contributed by atoms with Crippen LogP contribution in [0.15, 0.2) is 54.6 Å². The standard InChI is InChI=1S/C28H35N5O3/c1-20-19-25(23-8-4-5-9-24(23)30-20)32-28(35)29-15-18-33-16-13-22(14-17-33)31-27(34)12-11-21-7-3-6-10-26(21)36-2/h3-10,19,22H,11-18H2,1-2H3,(H,31,34)(H2,29,30,32,35). The van der Waals surface area contributed by atoms with E-state index in [4.69, 9.17) is 4.74 Å². The second kappa shape index (κ2) is 12.4. The Morgan fingerprint density at radius 2 is 1.83 bits per heavy atom. The van der Waals surface area contributed by atoms with Crippen LogP contribution in [0.5, 0.6) is 5.75 Å². The van der Waals surface area contributed by atoms with Gasteiger partial charge in [-0.05, 0) is 49.9 Å². The summed E-state index contributed by atoms with van der Waals surface area (Å²) in [6.45, 7) is 5.05. The number of hydrogen-bond donors (Lipinski definition) is 3. The Kier molecular flexibility index (Phi) is 8.73. The van der Waals surface area contributed by atoms with Crippen molar-refractivity contribution in [3.63, 3.8) is 0 Å². The second-order valence-corrected chi connectivity index (χ2v) is 9.20. The first kappa shape index (κ1) is 25.4. The first-order valence-corrected chi connectivity index (χ1v) is 12.6. The average Bonchev–Trinajstić information content (AvgIpc) is 2.88. The van der Waals surface area contributed by atoms with E-state index >= 15 is 0 Å². The number of anilines is 1. The highest BCUT2D eigenvalue weighted by Gasteiger charge is 2.20. The molecule has 0 radical (unpaired) electrons. The summed E-state index contributed by atoms with van der Waals surface area (Å²) in [5.74, 6) is 0.904. The number of urea groups is 1. The van der Waals surface area contributed by atoms with E-state index in [9.17, 15) is 9.59 Å². The number of carbonyl (C=O) groups is 2. The summed E-state index contributed by atoms with van der Waals surface area (Å²) in [5.41, 5.74) is 3.54. The Balaban J connectivity index is 1.14. The fourth-order valence-corrected chi connectivity index (χ4v) is 4.66. The van der Waals surface area contributed by atoms with Gasteiger partial charge < -0.3 is 25.6 Å². The fourth-order valence-electron chi connectivity index (χ4n) is 4.66. The van der Waals surface area contributed by atoms with Gasteiger partial charge in [0.15, 0.2) is 0 Å². The molecule has 3 N–H and O–H groups in total. The van der Waals surface area contributed by atoms with Crippen LogP contribution < -0.4 is 20.7 Å². The number of benzene rings is 2. The molecule has 4 rings (SSSR count). The average molecular weight is 490 g/mol. The molecule has 2 heterocycles. The lowest BCUT2D eigenvalue weighted by Crippen LogP contribution is -2.46. The Labute approximate surface area is 212 Å². The van der Waals surface area contributed by atoms with Crippen molar-refractivity contribution in [3.05, 3.63) is 65.9 Å². The number of pyridine rings is 1. The van der Waals surface area contributed by atoms with Crippen LogP contribution in [-0.4, -0.2) is 61.2 Å². The van der Waals surface area contributed by atoms with E-state index in [1.165, 1.54) is 0 Å². The van der Waals surface area contributed by atoms with Crippen LogP contribution in [0.2, 0.25) is 0 Å². The number of rotatable bonds is 9. The van der Waals surface area contributed by atoms with Gasteiger partial charge in [0.1, 0.15) is 5.75 Å². The number of para-hydroxylation sites is 2. The molecule has 1 aliphatic heterocycles. The summed E-state index contributed by atoms with van der Waals surface area (Å²) < 4.78 is 5.37. The molecule has 1 aromatic heterocycles. The van der Waals surface area contributed by atoms with Crippen molar-refractivity contribution < 1.29 is 14.3 Å². The third-order valence-corrected chi connectivity index (χ3v) is 6.57. The fraction of sp³-hybridized carbons (Fsp3) is 0.393. The highest BCUT2D eigenvalue weighted by atomic mass is 16.5. The van der Waals surface area contributed by atoms with Crippen LogP contribution in [0.25, 0.3) is 10.9 Å². The molecule has 0 saturated carbocycles. The van der Waals surface area contributed by atoms with Crippen LogP contribution in [-0.2, 0) is 11.2 Å². The maximum atomic E-state index is 12.5. The lowest BCUT2D eigenvalue weighted by atomic mass is 10.0. The topological polar surface area (TPSA) is 95.6 Å². The zero-order chi connectivity index (χ0) is 25.3. The number of amides is 3. The third-order valence-electron chi connectivity index (χ3n) is 6.57. The van der Waals surface area contributed by atoms with Gasteiger partial charge in [0.2, 0.25) is 5.91 Å². The van der Waals surface area contributed by atoms with Crippen molar-refractivity contribution in [2.45, 2.75) is 38.6 Å². The highest BCUT2D eigenvalue weighted by molar-refractivity contribution is 6.00. The number of nitrogens with one attached hydrogen (secondary N) is 3. The van der Waals surface area contributed by atoms with Crippen molar-refractivity contribution in [3.8, 4) is 5.75 Å². The lowest BCUT2D eigenvalue weighted by molar-refractivity contribution is -0.122. The smallest absolute Gasteiger partial charge is 0.319 e. The maximum absolute atomic E-state index is 12.5. The molecule has 1 saturated heterocycles. The SMILES string of the molecule is COc1ccccc1CCC(=O)NC1CCN(CCNC(=O)Nc2cc(C)nc3ccccc23)CC1. The summed E-state index contributed by atoms with van der Waals surface area (Å²) in [4.78, 5) is 31.7. The number of carbonyl (C=O) groups excluding carboxylic acids is 2. The Morgan fingerprint density at radius 1 is 1.08 bits per heavy atom. The maximum Gasteiger partial charge on any atom is 0.319 e. The molecule has 0 spiro atoms. The summed E-state index contributed by atoms with van der Waals surface area (Å²) in [6.07, 6.45) is 2.94. The van der Waals surface area contributed by atoms with Gasteiger partial charge in [-0.1, -0.05) is 36.4 Å². The first-order chi connectivity index (χ1) is 17.5. The molecule has 36 heavy (non-hydrogen) atoms. The number of aryl methyl sites for hydroxylation is 2. The summed E-state index contributed by atoms with van der Waals surface area (Å²) in [6, 6.07) is 17.5. The Hall–Kier alpha value is -3.65. The monoisotopic (exact) mass is 489 g/mol. The number of piperidine rings is 1. The molecule has 0 bridgehead atoms. The van der Waals surface area contributed by atoms with Crippen LogP contribution in [0.1, 0.15) is 30.5 Å². The number of fused-ring (bicyclic) bond motifs is 1. The van der Waals surface area contributed by atoms with E-state index in [0.717, 1.165) is 66.1 Å². The van der Waals surface area contributed by atoms with Crippen molar-refractivity contribution >= 4 is 28.5 Å². The third kappa shape index (κ3) is 6.95. The van der Waals surface area contributed by atoms with Crippen molar-refractivity contribution in [1.82, 2.24) is 20.5 Å². The van der Waals surface area contributed by atoms with Crippen LogP contribution in [0, 0.1) is 6.92 Å². The van der Waals surface area contributed by atoms with Gasteiger partial charge in [-0.2, -0.15) is 0 Å². The van der Waals surface area contributed by atoms with Gasteiger partial charge in [-0.15, -0.1) is 0 Å². The molecule has 0 aliphatic carbocycles. The lowest BCUT2D eigenvalue weighted by Gasteiger charge is -2.32. The Morgan fingerprint density at radius 3 is 2.64 bits per heavy atom. The van der Waals surface area contributed by atoms with E-state index in [1.54, 1.807) is 7.11 Å². The molecule has 190 valence electrons. The summed E-state index contributed by atoms with van der Waals surface area (Å²) in [7, 11) is 1.65. The van der Waals surface area contributed by atoms with E-state index < -0.39 is 0 Å². The first-order valence-electron chi connectivity index (χ1n) is 12.6. The van der Waals surface area contributed by atoms with Gasteiger partial charge in [0.25, 0.3) is 0 Å². The minimum atomic E-state index is -0.219. The normalized spacial score (nSPS) is 14.4. The largest absolute Gasteiger partial charge is 0.496 e. The van der Waals surface area contributed by atoms with E-state index in [0.29, 0.717) is 19.4 Å². The minimum Gasteiger partial charge on any atom is -0.496 e. The van der Waals surface area contributed by atoms with Crippen molar-refractivity contribution in [1.29, 1.82) is 0 Å². The molecule has 3 aromatic rings. The van der Waals surface area contributed by atoms with Gasteiger partial charge in [0, 0.05) is 49.7 Å². The van der Waals surface area contributed by atoms with Crippen LogP contribution >= 0.6 is 0 Å². The second-order valence-electron chi connectivity index (χ2n) is 9.20. The molecular formula is C28H35N5O3. The molecule has 0 unspecified atom stereocenters. The summed E-state index contributed by atoms with van der Waals surface area (Å²) in [5, 5.41) is 10.0. The minimum absolute atomic E-state index is 0.0802. The summed E-state index contributed by atoms with van der Waals surface area (Å²) >= 11 is 0. The molecule has 1 fully saturated rings. The zero-order valence-corrected chi connectivity index (χ0v) is 21.0. The molecule has 2 aromatic carbocycles. The number of likely N-dealkylation sites (tertiary alicyclic amines) is 1. The van der Waals surface area contributed by atoms with Gasteiger partial charge in [-0.25, -0.2) is 4.79 Å². The zero-order valence-electron chi connectivity index (χ0n) is 21.0. The number of ether oxygens (including phenoxy) is 1. The van der Waals surface area contributed by atoms with Crippen LogP contribution in [0.3, 0.4) is 0 Å². The molecule has 3 amide bonds. The number of methoxy groups -OCH3 is 1. The van der Waals surface area contributed by atoms with Crippen molar-refractivity contribution in [2.75, 3.05) is 38.6 Å². The predicted molar refractivity (Wildman–Crippen MR) is 142 cm³/mol. The Bertz CT molecular complexity index is 1190. The van der Waals surface area contributed by atoms with Gasteiger partial charge >= 0.3 is 6.03 Å². The molecule has 0 atom stereocenters. The predicted octanol–water partition coefficient (Wildman–Crippen LogP) is 3.89. The van der Waals surface area contributed by atoms with Gasteiger partial charge in [0.05, 0.1) is 18.3 Å². The van der Waals surface area contributed by atoms with E-state index in [1.807, 2.05) is 61.5 Å². The molecular weight excluding hydrogens is 454 g/mol. The van der Waals surface area contributed by atoms with Crippen LogP contribution in [0.4, 0.5) is 10.5 Å². The van der Waals surface area contributed by atoms with E-state index in [2.05, 4.69) is 25.8 Å². The highest BCUT2D eigenvalue weighted by Crippen LogP contribution is 2.23. The van der Waals surface area contributed by atoms with Crippen molar-refractivity contribution in [2.24, 2.45) is 0 Å². The number of hydrogen-bond acceptors (Lipinski definition) is 5. The van der Waals surface area contributed by atoms with E-state index in [-0.39, 0.29) is 18.0 Å².